The average Bonchev–Trinajstić information content (AvgIpc) is 2.04. The van der Waals surface area contributed by atoms with Gasteiger partial charge in [-0.3, -0.25) is 4.72 Å². The van der Waals surface area contributed by atoms with Crippen LogP contribution in [0.25, 0.3) is 0 Å². The third-order valence-corrected chi connectivity index (χ3v) is 3.72. The molecule has 0 aliphatic carbocycles. The monoisotopic (exact) mass is 283 g/mol. The van der Waals surface area contributed by atoms with Crippen molar-refractivity contribution < 1.29 is 16.8 Å². The van der Waals surface area contributed by atoms with Crippen LogP contribution in [-0.4, -0.2) is 23.1 Å². The summed E-state index contributed by atoms with van der Waals surface area (Å²) in [7, 11) is -2.02. The lowest BCUT2D eigenvalue weighted by molar-refractivity contribution is 0.606. The first kappa shape index (κ1) is 13.3. The molecule has 0 spiro atoms. The van der Waals surface area contributed by atoms with Gasteiger partial charge in [-0.1, -0.05) is 0 Å². The van der Waals surface area contributed by atoms with Gasteiger partial charge in [-0.15, -0.1) is 0 Å². The molecule has 1 aromatic rings. The summed E-state index contributed by atoms with van der Waals surface area (Å²) in [5.74, 6) is 0. The van der Waals surface area contributed by atoms with E-state index in [0.29, 0.717) is 11.3 Å². The van der Waals surface area contributed by atoms with Crippen LogP contribution in [0.5, 0.6) is 0 Å². The summed E-state index contributed by atoms with van der Waals surface area (Å²) in [6.45, 7) is 1.58. The number of sulfonamides is 1. The van der Waals surface area contributed by atoms with Crippen LogP contribution in [0.15, 0.2) is 23.1 Å². The van der Waals surface area contributed by atoms with E-state index in [-0.39, 0.29) is 4.90 Å². The summed E-state index contributed by atoms with van der Waals surface area (Å²) in [4.78, 5) is -0.0642. The van der Waals surface area contributed by atoms with Crippen molar-refractivity contribution in [3.8, 4) is 0 Å². The van der Waals surface area contributed by atoms with Crippen LogP contribution in [0.1, 0.15) is 5.56 Å². The zero-order chi connectivity index (χ0) is 12.6. The Morgan fingerprint density at radius 2 is 1.75 bits per heavy atom. The molecule has 0 aromatic heterocycles. The first-order chi connectivity index (χ1) is 7.09. The Morgan fingerprint density at radius 1 is 1.19 bits per heavy atom. The van der Waals surface area contributed by atoms with E-state index < -0.39 is 19.1 Å². The highest BCUT2D eigenvalue weighted by Gasteiger charge is 2.12. The van der Waals surface area contributed by atoms with Crippen LogP contribution in [0.2, 0.25) is 0 Å². The molecule has 0 saturated heterocycles. The number of nitrogens with one attached hydrogen (secondary N) is 1. The van der Waals surface area contributed by atoms with Crippen molar-refractivity contribution in [1.82, 2.24) is 0 Å². The Morgan fingerprint density at radius 3 is 2.12 bits per heavy atom. The fourth-order valence-corrected chi connectivity index (χ4v) is 2.57. The number of halogens is 1. The predicted molar refractivity (Wildman–Crippen MR) is 62.7 cm³/mol. The van der Waals surface area contributed by atoms with Crippen molar-refractivity contribution >= 4 is 35.4 Å². The van der Waals surface area contributed by atoms with Crippen molar-refractivity contribution in [3.63, 3.8) is 0 Å². The largest absolute Gasteiger partial charge is 0.284 e. The van der Waals surface area contributed by atoms with Gasteiger partial charge in [0.2, 0.25) is 10.0 Å². The third kappa shape index (κ3) is 3.66. The highest BCUT2D eigenvalue weighted by molar-refractivity contribution is 8.13. The number of hydrogen-bond donors (Lipinski definition) is 1. The molecule has 1 rings (SSSR count). The summed E-state index contributed by atoms with van der Waals surface area (Å²) in [5, 5.41) is 0. The molecule has 0 aliphatic heterocycles. The second kappa shape index (κ2) is 4.23. The Bertz CT molecular complexity index is 607. The summed E-state index contributed by atoms with van der Waals surface area (Å²) >= 11 is 0. The normalized spacial score (nSPS) is 12.4. The second-order valence-corrected chi connectivity index (χ2v) is 7.60. The zero-order valence-corrected chi connectivity index (χ0v) is 10.9. The molecule has 0 atom stereocenters. The molecule has 5 nitrogen and oxygen atoms in total. The van der Waals surface area contributed by atoms with E-state index in [0.717, 1.165) is 6.26 Å². The lowest BCUT2D eigenvalue weighted by Gasteiger charge is -2.08. The van der Waals surface area contributed by atoms with Crippen LogP contribution >= 0.6 is 10.7 Å². The lowest BCUT2D eigenvalue weighted by Crippen LogP contribution is -2.10. The molecule has 0 heterocycles. The van der Waals surface area contributed by atoms with Crippen LogP contribution in [0.3, 0.4) is 0 Å². The van der Waals surface area contributed by atoms with Gasteiger partial charge in [-0.2, -0.15) is 0 Å². The molecule has 90 valence electrons. The van der Waals surface area contributed by atoms with Gasteiger partial charge in [0.1, 0.15) is 0 Å². The molecule has 0 amide bonds. The first-order valence-electron chi connectivity index (χ1n) is 4.13. The standard InChI is InChI=1S/C8H10ClNO4S2/c1-6-5-7(16(9,13)14)3-4-8(6)10-15(2,11)12/h3-5,10H,1-2H3. The Labute approximate surface area is 98.9 Å². The SMILES string of the molecule is Cc1cc(S(=O)(=O)Cl)ccc1NS(C)(=O)=O. The van der Waals surface area contributed by atoms with E-state index in [2.05, 4.69) is 4.72 Å². The van der Waals surface area contributed by atoms with E-state index in [1.165, 1.54) is 18.2 Å². The molecule has 0 unspecified atom stereocenters. The second-order valence-electron chi connectivity index (χ2n) is 3.29. The highest BCUT2D eigenvalue weighted by atomic mass is 35.7. The smallest absolute Gasteiger partial charge is 0.261 e. The third-order valence-electron chi connectivity index (χ3n) is 1.77. The molecule has 16 heavy (non-hydrogen) atoms. The van der Waals surface area contributed by atoms with E-state index in [1.807, 2.05) is 0 Å². The van der Waals surface area contributed by atoms with Crippen LogP contribution < -0.4 is 4.72 Å². The van der Waals surface area contributed by atoms with Crippen LogP contribution in [0, 0.1) is 6.92 Å². The van der Waals surface area contributed by atoms with Gasteiger partial charge in [-0.05, 0) is 30.7 Å². The van der Waals surface area contributed by atoms with Crippen LogP contribution in [0.4, 0.5) is 5.69 Å². The summed E-state index contributed by atoms with van der Waals surface area (Å²) in [5.41, 5.74) is 0.804. The number of aryl methyl sites for hydroxylation is 1. The maximum absolute atomic E-state index is 11.0. The van der Waals surface area contributed by atoms with Crippen molar-refractivity contribution in [2.24, 2.45) is 0 Å². The maximum atomic E-state index is 11.0. The van der Waals surface area contributed by atoms with Gasteiger partial charge in [0.15, 0.2) is 0 Å². The van der Waals surface area contributed by atoms with Crippen molar-refractivity contribution in [1.29, 1.82) is 0 Å². The lowest BCUT2D eigenvalue weighted by atomic mass is 10.2. The van der Waals surface area contributed by atoms with Crippen LogP contribution in [-0.2, 0) is 19.1 Å². The Balaban J connectivity index is 3.21. The Hall–Kier alpha value is -0.790. The Kier molecular flexibility index (Phi) is 3.51. The summed E-state index contributed by atoms with van der Waals surface area (Å²) in [6.07, 6.45) is 1.01. The van der Waals surface area contributed by atoms with E-state index in [1.54, 1.807) is 6.92 Å². The predicted octanol–water partition coefficient (Wildman–Crippen LogP) is 1.29. The van der Waals surface area contributed by atoms with Crippen molar-refractivity contribution in [2.45, 2.75) is 11.8 Å². The fraction of sp³-hybridized carbons (Fsp3) is 0.250. The number of hydrogen-bond acceptors (Lipinski definition) is 4. The molecule has 0 saturated carbocycles. The van der Waals surface area contributed by atoms with Gasteiger partial charge < -0.3 is 0 Å². The molecule has 8 heteroatoms. The van der Waals surface area contributed by atoms with Gasteiger partial charge in [0.05, 0.1) is 16.8 Å². The molecule has 0 fully saturated rings. The topological polar surface area (TPSA) is 80.3 Å². The first-order valence-corrected chi connectivity index (χ1v) is 8.33. The molecule has 0 radical (unpaired) electrons. The number of rotatable bonds is 3. The average molecular weight is 284 g/mol. The molecule has 1 N–H and O–H groups in total. The van der Waals surface area contributed by atoms with Crippen molar-refractivity contribution in [3.05, 3.63) is 23.8 Å². The molecular weight excluding hydrogens is 274 g/mol. The minimum Gasteiger partial charge on any atom is -0.284 e. The summed E-state index contributed by atoms with van der Waals surface area (Å²) < 4.78 is 46.2. The molecule has 0 bridgehead atoms. The molecule has 0 aliphatic rings. The van der Waals surface area contributed by atoms with E-state index in [9.17, 15) is 16.8 Å². The van der Waals surface area contributed by atoms with E-state index >= 15 is 0 Å². The minimum atomic E-state index is -3.79. The van der Waals surface area contributed by atoms with Gasteiger partial charge in [0, 0.05) is 10.7 Å². The molecule has 1 aromatic carbocycles. The quantitative estimate of drug-likeness (QED) is 0.848. The van der Waals surface area contributed by atoms with Crippen molar-refractivity contribution in [2.75, 3.05) is 11.0 Å². The van der Waals surface area contributed by atoms with E-state index in [4.69, 9.17) is 10.7 Å². The summed E-state index contributed by atoms with van der Waals surface area (Å²) in [6, 6.07) is 3.89. The highest BCUT2D eigenvalue weighted by Crippen LogP contribution is 2.22. The maximum Gasteiger partial charge on any atom is 0.261 e. The molecular formula is C8H10ClNO4S2. The van der Waals surface area contributed by atoms with Gasteiger partial charge in [0.25, 0.3) is 9.05 Å². The van der Waals surface area contributed by atoms with Gasteiger partial charge >= 0.3 is 0 Å². The minimum absolute atomic E-state index is 0.0642. The number of benzene rings is 1. The fourth-order valence-electron chi connectivity index (χ4n) is 1.10. The number of anilines is 1. The van der Waals surface area contributed by atoms with Gasteiger partial charge in [-0.25, -0.2) is 16.8 Å². The zero-order valence-electron chi connectivity index (χ0n) is 8.56.